The predicted molar refractivity (Wildman–Crippen MR) is 65.7 cm³/mol. The Morgan fingerprint density at radius 3 is 2.93 bits per heavy atom. The van der Waals surface area contributed by atoms with Gasteiger partial charge in [0.1, 0.15) is 0 Å². The predicted octanol–water partition coefficient (Wildman–Crippen LogP) is 2.73. The van der Waals surface area contributed by atoms with Crippen molar-refractivity contribution in [1.82, 2.24) is 10.3 Å². The van der Waals surface area contributed by atoms with Crippen LogP contribution in [0.15, 0.2) is 0 Å². The van der Waals surface area contributed by atoms with Crippen LogP contribution in [0, 0.1) is 0 Å². The van der Waals surface area contributed by atoms with E-state index >= 15 is 0 Å². The molecule has 1 N–H and O–H groups in total. The first-order chi connectivity index (χ1) is 7.31. The minimum Gasteiger partial charge on any atom is -0.319 e. The molecule has 15 heavy (non-hydrogen) atoms. The molecular weight excluding hydrogens is 204 g/mol. The quantitative estimate of drug-likeness (QED) is 0.799. The van der Waals surface area contributed by atoms with Gasteiger partial charge >= 0.3 is 0 Å². The van der Waals surface area contributed by atoms with E-state index in [2.05, 4.69) is 12.2 Å². The highest BCUT2D eigenvalue weighted by Gasteiger charge is 2.16. The Kier molecular flexibility index (Phi) is 3.76. The summed E-state index contributed by atoms with van der Waals surface area (Å²) < 4.78 is 0. The van der Waals surface area contributed by atoms with Crippen LogP contribution in [-0.2, 0) is 12.8 Å². The van der Waals surface area contributed by atoms with Crippen LogP contribution in [0.3, 0.4) is 0 Å². The van der Waals surface area contributed by atoms with Gasteiger partial charge in [-0.15, -0.1) is 11.3 Å². The highest BCUT2D eigenvalue weighted by Crippen LogP contribution is 2.29. The van der Waals surface area contributed by atoms with Crippen molar-refractivity contribution in [3.63, 3.8) is 0 Å². The summed E-state index contributed by atoms with van der Waals surface area (Å²) in [6.07, 6.45) is 6.54. The van der Waals surface area contributed by atoms with Crippen LogP contribution in [0.1, 0.15) is 47.7 Å². The summed E-state index contributed by atoms with van der Waals surface area (Å²) in [6.45, 7) is 3.29. The molecule has 1 heterocycles. The number of likely N-dealkylation sites (N-methyl/N-ethyl adjacent to an activating group) is 1. The number of aryl methyl sites for hydroxylation is 2. The first kappa shape index (κ1) is 11.1. The fraction of sp³-hybridized carbons (Fsp3) is 0.750. The molecular formula is C12H20N2S. The maximum absolute atomic E-state index is 4.81. The lowest BCUT2D eigenvalue weighted by molar-refractivity contribution is 0.667. The van der Waals surface area contributed by atoms with Gasteiger partial charge in [0, 0.05) is 17.3 Å². The molecule has 1 aliphatic carbocycles. The zero-order chi connectivity index (χ0) is 10.7. The third-order valence-corrected chi connectivity index (χ3v) is 4.43. The van der Waals surface area contributed by atoms with Gasteiger partial charge in [0.2, 0.25) is 0 Å². The van der Waals surface area contributed by atoms with E-state index in [1.807, 2.05) is 18.4 Å². The number of nitrogens with one attached hydrogen (secondary N) is 1. The molecule has 0 aromatic carbocycles. The van der Waals surface area contributed by atoms with Gasteiger partial charge in [-0.2, -0.15) is 0 Å². The van der Waals surface area contributed by atoms with E-state index in [0.717, 1.165) is 6.54 Å². The van der Waals surface area contributed by atoms with E-state index in [1.54, 1.807) is 4.88 Å². The Morgan fingerprint density at radius 1 is 1.33 bits per heavy atom. The molecule has 1 atom stereocenters. The van der Waals surface area contributed by atoms with E-state index in [4.69, 9.17) is 4.98 Å². The molecule has 0 fully saturated rings. The van der Waals surface area contributed by atoms with Gasteiger partial charge < -0.3 is 5.32 Å². The maximum atomic E-state index is 4.81. The number of aromatic nitrogens is 1. The first-order valence-corrected chi connectivity index (χ1v) is 6.76. The average molecular weight is 224 g/mol. The summed E-state index contributed by atoms with van der Waals surface area (Å²) in [6, 6.07) is 0. The number of thiazole rings is 1. The van der Waals surface area contributed by atoms with Gasteiger partial charge in [0.15, 0.2) is 0 Å². The molecule has 1 unspecified atom stereocenters. The molecule has 2 nitrogen and oxygen atoms in total. The molecule has 2 rings (SSSR count). The summed E-state index contributed by atoms with van der Waals surface area (Å²) in [7, 11) is 2.01. The van der Waals surface area contributed by atoms with E-state index in [9.17, 15) is 0 Å². The van der Waals surface area contributed by atoms with Crippen LogP contribution in [-0.4, -0.2) is 18.6 Å². The monoisotopic (exact) mass is 224 g/mol. The Labute approximate surface area is 96.1 Å². The van der Waals surface area contributed by atoms with Gasteiger partial charge in [-0.25, -0.2) is 4.98 Å². The zero-order valence-electron chi connectivity index (χ0n) is 9.68. The van der Waals surface area contributed by atoms with Gasteiger partial charge in [0.05, 0.1) is 10.7 Å². The minimum atomic E-state index is 0.562. The zero-order valence-corrected chi connectivity index (χ0v) is 10.5. The Bertz CT molecular complexity index is 296. The molecule has 1 aliphatic rings. The average Bonchev–Trinajstić information content (AvgIpc) is 2.51. The summed E-state index contributed by atoms with van der Waals surface area (Å²) in [4.78, 5) is 6.37. The number of nitrogens with zero attached hydrogens (tertiary/aromatic N) is 1. The lowest BCUT2D eigenvalue weighted by Crippen LogP contribution is -2.14. The number of hydrogen-bond acceptors (Lipinski definition) is 3. The normalized spacial score (nSPS) is 18.3. The molecule has 0 saturated carbocycles. The molecule has 1 aromatic rings. The summed E-state index contributed by atoms with van der Waals surface area (Å²) in [5.74, 6) is 0.562. The summed E-state index contributed by atoms with van der Waals surface area (Å²) in [5.41, 5.74) is 1.40. The van der Waals surface area contributed by atoms with Crippen LogP contribution >= 0.6 is 11.3 Å². The molecule has 0 bridgehead atoms. The van der Waals surface area contributed by atoms with E-state index < -0.39 is 0 Å². The van der Waals surface area contributed by atoms with E-state index in [0.29, 0.717) is 5.92 Å². The lowest BCUT2D eigenvalue weighted by Gasteiger charge is -2.05. The SMILES string of the molecule is CNCC(C)c1nc2c(s1)CCCCC2. The third kappa shape index (κ3) is 2.58. The number of fused-ring (bicyclic) bond motifs is 1. The fourth-order valence-corrected chi connectivity index (χ4v) is 3.36. The van der Waals surface area contributed by atoms with Crippen LogP contribution in [0.5, 0.6) is 0 Å². The summed E-state index contributed by atoms with van der Waals surface area (Å²) >= 11 is 1.95. The van der Waals surface area contributed by atoms with E-state index in [1.165, 1.54) is 42.8 Å². The lowest BCUT2D eigenvalue weighted by atomic mass is 10.2. The summed E-state index contributed by atoms with van der Waals surface area (Å²) in [5, 5.41) is 4.56. The van der Waals surface area contributed by atoms with Gasteiger partial charge in [-0.3, -0.25) is 0 Å². The first-order valence-electron chi connectivity index (χ1n) is 5.94. The van der Waals surface area contributed by atoms with Gasteiger partial charge in [-0.1, -0.05) is 13.3 Å². The van der Waals surface area contributed by atoms with Crippen molar-refractivity contribution < 1.29 is 0 Å². The van der Waals surface area contributed by atoms with Crippen LogP contribution in [0.4, 0.5) is 0 Å². The third-order valence-electron chi connectivity index (χ3n) is 3.04. The molecule has 3 heteroatoms. The minimum absolute atomic E-state index is 0.562. The molecule has 0 saturated heterocycles. The van der Waals surface area contributed by atoms with Gasteiger partial charge in [-0.05, 0) is 32.7 Å². The Balaban J connectivity index is 2.14. The highest BCUT2D eigenvalue weighted by atomic mass is 32.1. The second kappa shape index (κ2) is 5.08. The van der Waals surface area contributed by atoms with E-state index in [-0.39, 0.29) is 0 Å². The maximum Gasteiger partial charge on any atom is 0.0971 e. The van der Waals surface area contributed by atoms with Crippen LogP contribution in [0.2, 0.25) is 0 Å². The van der Waals surface area contributed by atoms with Crippen LogP contribution in [0.25, 0.3) is 0 Å². The molecule has 0 spiro atoms. The fourth-order valence-electron chi connectivity index (χ4n) is 2.15. The Hall–Kier alpha value is -0.410. The van der Waals surface area contributed by atoms with Crippen molar-refractivity contribution in [3.8, 4) is 0 Å². The molecule has 84 valence electrons. The largest absolute Gasteiger partial charge is 0.319 e. The van der Waals surface area contributed by atoms with Crippen molar-refractivity contribution in [3.05, 3.63) is 15.6 Å². The smallest absolute Gasteiger partial charge is 0.0971 e. The Morgan fingerprint density at radius 2 is 2.13 bits per heavy atom. The van der Waals surface area contributed by atoms with Crippen molar-refractivity contribution in [2.45, 2.75) is 44.9 Å². The van der Waals surface area contributed by atoms with Crippen molar-refractivity contribution in [2.75, 3.05) is 13.6 Å². The molecule has 0 radical (unpaired) electrons. The standard InChI is InChI=1S/C12H20N2S/c1-9(8-13-2)12-14-10-6-4-3-5-7-11(10)15-12/h9,13H,3-8H2,1-2H3. The molecule has 0 aliphatic heterocycles. The van der Waals surface area contributed by atoms with Gasteiger partial charge in [0.25, 0.3) is 0 Å². The molecule has 1 aromatic heterocycles. The van der Waals surface area contributed by atoms with Crippen molar-refractivity contribution in [2.24, 2.45) is 0 Å². The number of hydrogen-bond donors (Lipinski definition) is 1. The highest BCUT2D eigenvalue weighted by molar-refractivity contribution is 7.11. The van der Waals surface area contributed by atoms with Crippen LogP contribution < -0.4 is 5.32 Å². The topological polar surface area (TPSA) is 24.9 Å². The van der Waals surface area contributed by atoms with Crippen molar-refractivity contribution >= 4 is 11.3 Å². The van der Waals surface area contributed by atoms with Crippen molar-refractivity contribution in [1.29, 1.82) is 0 Å². The molecule has 0 amide bonds. The number of rotatable bonds is 3. The second-order valence-electron chi connectivity index (χ2n) is 4.44. The second-order valence-corrected chi connectivity index (χ2v) is 5.56.